The molecule has 3 rings (SSSR count). The Morgan fingerprint density at radius 1 is 1.19 bits per heavy atom. The van der Waals surface area contributed by atoms with E-state index in [1.165, 1.54) is 19.2 Å². The summed E-state index contributed by atoms with van der Waals surface area (Å²) in [5.74, 6) is -0.0581. The fraction of sp³-hybridized carbons (Fsp3) is 0.211. The average molecular weight is 361 g/mol. The zero-order valence-electron chi connectivity index (χ0n) is 14.2. The average Bonchev–Trinajstić information content (AvgIpc) is 2.96. The van der Waals surface area contributed by atoms with Crippen LogP contribution < -0.4 is 14.8 Å². The van der Waals surface area contributed by atoms with E-state index in [2.05, 4.69) is 10.1 Å². The number of aryl methyl sites for hydroxylation is 1. The first-order valence-electron chi connectivity index (χ1n) is 7.87. The largest absolute Gasteiger partial charge is 0.493 e. The second-order valence-electron chi connectivity index (χ2n) is 5.60. The zero-order valence-corrected chi connectivity index (χ0v) is 14.2. The highest BCUT2D eigenvalue weighted by Crippen LogP contribution is 2.29. The lowest BCUT2D eigenvalue weighted by Crippen LogP contribution is -2.23. The highest BCUT2D eigenvalue weighted by Gasteiger charge is 2.17. The molecule has 1 heterocycles. The van der Waals surface area contributed by atoms with Crippen LogP contribution in [0.4, 0.5) is 8.78 Å². The smallest absolute Gasteiger partial charge is 0.387 e. The van der Waals surface area contributed by atoms with Crippen molar-refractivity contribution in [2.45, 2.75) is 20.1 Å². The van der Waals surface area contributed by atoms with Crippen molar-refractivity contribution in [2.75, 3.05) is 7.11 Å². The number of para-hydroxylation sites is 1. The van der Waals surface area contributed by atoms with Gasteiger partial charge < -0.3 is 19.2 Å². The van der Waals surface area contributed by atoms with Gasteiger partial charge in [0.25, 0.3) is 5.91 Å². The molecule has 1 N–H and O–H groups in total. The van der Waals surface area contributed by atoms with Gasteiger partial charge in [-0.1, -0.05) is 24.3 Å². The molecule has 0 aliphatic heterocycles. The highest BCUT2D eigenvalue weighted by atomic mass is 19.3. The predicted molar refractivity (Wildman–Crippen MR) is 91.7 cm³/mol. The normalized spacial score (nSPS) is 11.0. The zero-order chi connectivity index (χ0) is 18.7. The molecule has 0 saturated heterocycles. The molecule has 5 nitrogen and oxygen atoms in total. The Balaban J connectivity index is 1.75. The SMILES string of the molecule is COc1ccc(CNC(=O)c2oc3ccccc3c2C)cc1OC(F)F. The molecule has 0 atom stereocenters. The summed E-state index contributed by atoms with van der Waals surface area (Å²) in [5, 5.41) is 3.59. The van der Waals surface area contributed by atoms with Gasteiger partial charge in [-0.15, -0.1) is 0 Å². The van der Waals surface area contributed by atoms with Gasteiger partial charge in [0, 0.05) is 17.5 Å². The van der Waals surface area contributed by atoms with E-state index >= 15 is 0 Å². The molecule has 0 saturated carbocycles. The van der Waals surface area contributed by atoms with Gasteiger partial charge in [0.05, 0.1) is 7.11 Å². The number of ether oxygens (including phenoxy) is 2. The number of amides is 1. The Morgan fingerprint density at radius 3 is 2.65 bits per heavy atom. The third-order valence-electron chi connectivity index (χ3n) is 3.95. The van der Waals surface area contributed by atoms with Crippen LogP contribution in [0.1, 0.15) is 21.7 Å². The quantitative estimate of drug-likeness (QED) is 0.712. The molecule has 7 heteroatoms. The van der Waals surface area contributed by atoms with E-state index in [-0.39, 0.29) is 29.7 Å². The van der Waals surface area contributed by atoms with Crippen LogP contribution in [0, 0.1) is 6.92 Å². The Morgan fingerprint density at radius 2 is 1.96 bits per heavy atom. The van der Waals surface area contributed by atoms with Crippen molar-refractivity contribution in [3.8, 4) is 11.5 Å². The van der Waals surface area contributed by atoms with Crippen LogP contribution in [-0.2, 0) is 6.54 Å². The Kier molecular flexibility index (Phi) is 5.06. The Labute approximate surface area is 148 Å². The van der Waals surface area contributed by atoms with Gasteiger partial charge >= 0.3 is 6.61 Å². The third-order valence-corrected chi connectivity index (χ3v) is 3.95. The molecule has 0 aliphatic rings. The molecule has 0 aliphatic carbocycles. The second-order valence-corrected chi connectivity index (χ2v) is 5.60. The minimum Gasteiger partial charge on any atom is -0.493 e. The summed E-state index contributed by atoms with van der Waals surface area (Å²) >= 11 is 0. The van der Waals surface area contributed by atoms with E-state index in [0.29, 0.717) is 11.1 Å². The summed E-state index contributed by atoms with van der Waals surface area (Å²) < 4.78 is 40.0. The first-order chi connectivity index (χ1) is 12.5. The standard InChI is InChI=1S/C19H17F2NO4/c1-11-13-5-3-4-6-14(13)25-17(11)18(23)22-10-12-7-8-15(24-2)16(9-12)26-19(20)21/h3-9,19H,10H2,1-2H3,(H,22,23). The number of hydrogen-bond donors (Lipinski definition) is 1. The van der Waals surface area contributed by atoms with Crippen molar-refractivity contribution in [2.24, 2.45) is 0 Å². The van der Waals surface area contributed by atoms with Crippen LogP contribution >= 0.6 is 0 Å². The molecular formula is C19H17F2NO4. The highest BCUT2D eigenvalue weighted by molar-refractivity contribution is 5.98. The number of hydrogen-bond acceptors (Lipinski definition) is 4. The van der Waals surface area contributed by atoms with E-state index < -0.39 is 6.61 Å². The lowest BCUT2D eigenvalue weighted by molar-refractivity contribution is -0.0512. The number of benzene rings is 2. The fourth-order valence-corrected chi connectivity index (χ4v) is 2.67. The van der Waals surface area contributed by atoms with Crippen LogP contribution in [-0.4, -0.2) is 19.6 Å². The van der Waals surface area contributed by atoms with E-state index in [1.807, 2.05) is 25.1 Å². The second kappa shape index (κ2) is 7.43. The van der Waals surface area contributed by atoms with E-state index in [1.54, 1.807) is 12.1 Å². The molecule has 26 heavy (non-hydrogen) atoms. The van der Waals surface area contributed by atoms with Crippen molar-refractivity contribution in [3.05, 3.63) is 59.4 Å². The van der Waals surface area contributed by atoms with Gasteiger partial charge in [0.2, 0.25) is 0 Å². The maximum atomic E-state index is 12.5. The van der Waals surface area contributed by atoms with Crippen molar-refractivity contribution < 1.29 is 27.5 Å². The molecule has 0 spiro atoms. The van der Waals surface area contributed by atoms with Gasteiger partial charge in [0.1, 0.15) is 5.58 Å². The number of alkyl halides is 2. The Bertz CT molecular complexity index is 936. The number of carbonyl (C=O) groups is 1. The van der Waals surface area contributed by atoms with Crippen molar-refractivity contribution >= 4 is 16.9 Å². The molecule has 2 aromatic carbocycles. The van der Waals surface area contributed by atoms with Crippen LogP contribution in [0.3, 0.4) is 0 Å². The number of halogens is 2. The topological polar surface area (TPSA) is 60.7 Å². The molecule has 3 aromatic rings. The minimum atomic E-state index is -2.97. The summed E-state index contributed by atoms with van der Waals surface area (Å²) in [4.78, 5) is 12.4. The molecule has 1 aromatic heterocycles. The van der Waals surface area contributed by atoms with Crippen LogP contribution in [0.15, 0.2) is 46.9 Å². The van der Waals surface area contributed by atoms with Crippen LogP contribution in [0.5, 0.6) is 11.5 Å². The Hall–Kier alpha value is -3.09. The third kappa shape index (κ3) is 3.61. The van der Waals surface area contributed by atoms with Gasteiger partial charge in [-0.05, 0) is 30.7 Å². The number of furan rings is 1. The van der Waals surface area contributed by atoms with E-state index in [9.17, 15) is 13.6 Å². The molecule has 1 amide bonds. The molecule has 136 valence electrons. The number of methoxy groups -OCH3 is 1. The van der Waals surface area contributed by atoms with Crippen molar-refractivity contribution in [1.82, 2.24) is 5.32 Å². The number of nitrogens with one attached hydrogen (secondary N) is 1. The maximum absolute atomic E-state index is 12.5. The van der Waals surface area contributed by atoms with E-state index in [4.69, 9.17) is 9.15 Å². The van der Waals surface area contributed by atoms with Gasteiger partial charge in [-0.2, -0.15) is 8.78 Å². The maximum Gasteiger partial charge on any atom is 0.387 e. The summed E-state index contributed by atoms with van der Waals surface area (Å²) in [6.07, 6.45) is 0. The fourth-order valence-electron chi connectivity index (χ4n) is 2.67. The summed E-state index contributed by atoms with van der Waals surface area (Å²) in [5.41, 5.74) is 1.96. The minimum absolute atomic E-state index is 0.0887. The summed E-state index contributed by atoms with van der Waals surface area (Å²) in [6, 6.07) is 11.9. The van der Waals surface area contributed by atoms with Crippen LogP contribution in [0.2, 0.25) is 0 Å². The molecule has 0 fully saturated rings. The molecule has 0 unspecified atom stereocenters. The first-order valence-corrected chi connectivity index (χ1v) is 7.87. The van der Waals surface area contributed by atoms with Crippen molar-refractivity contribution in [1.29, 1.82) is 0 Å². The van der Waals surface area contributed by atoms with Gasteiger partial charge in [-0.25, -0.2) is 0 Å². The summed E-state index contributed by atoms with van der Waals surface area (Å²) in [7, 11) is 1.36. The lowest BCUT2D eigenvalue weighted by atomic mass is 10.1. The molecule has 0 bridgehead atoms. The van der Waals surface area contributed by atoms with Crippen molar-refractivity contribution in [3.63, 3.8) is 0 Å². The number of carbonyl (C=O) groups excluding carboxylic acids is 1. The molecular weight excluding hydrogens is 344 g/mol. The predicted octanol–water partition coefficient (Wildman–Crippen LogP) is 4.28. The lowest BCUT2D eigenvalue weighted by Gasteiger charge is -2.12. The van der Waals surface area contributed by atoms with E-state index in [0.717, 1.165) is 10.9 Å². The van der Waals surface area contributed by atoms with Gasteiger partial charge in [-0.3, -0.25) is 4.79 Å². The number of fused-ring (bicyclic) bond motifs is 1. The van der Waals surface area contributed by atoms with Gasteiger partial charge in [0.15, 0.2) is 17.3 Å². The monoisotopic (exact) mass is 361 g/mol. The molecule has 0 radical (unpaired) electrons. The number of rotatable bonds is 6. The van der Waals surface area contributed by atoms with Crippen LogP contribution in [0.25, 0.3) is 11.0 Å². The summed E-state index contributed by atoms with van der Waals surface area (Å²) in [6.45, 7) is -1.03. The first kappa shape index (κ1) is 17.7.